The molecule has 0 bridgehead atoms. The van der Waals surface area contributed by atoms with Crippen molar-refractivity contribution in [3.8, 4) is 0 Å². The van der Waals surface area contributed by atoms with E-state index in [1.807, 2.05) is 0 Å². The van der Waals surface area contributed by atoms with Gasteiger partial charge >= 0.3 is 0 Å². The zero-order valence-electron chi connectivity index (χ0n) is 20.2. The van der Waals surface area contributed by atoms with Gasteiger partial charge in [-0.2, -0.15) is 0 Å². The third-order valence-corrected chi connectivity index (χ3v) is 5.61. The maximum Gasteiger partial charge on any atom is 0.187 e. The first-order valence-corrected chi connectivity index (χ1v) is 11.8. The van der Waals surface area contributed by atoms with Gasteiger partial charge in [0, 0.05) is 11.5 Å². The van der Waals surface area contributed by atoms with E-state index in [9.17, 15) is 35.7 Å². The SMILES string of the molecule is [N-]=[N+]=NCCOCCOCCOCCO[C@@H]1OC(CO)[C@@H](O[C@@H]2OC(CO)[C@H](O)[C@H](O)C2O)[C@H](O)C1O. The standard InChI is InChI=1S/C20H37N3O14/c21-23-22-1-2-31-3-4-32-5-6-33-7-8-34-19-17(30)15(28)18(12(10-25)36-19)37-20-16(29)14(27)13(26)11(9-24)35-20/h11-20,24-30H,1-10H2/t11?,12?,13-,14-,15+,16?,17?,18+,19+,20-/m0/s1. The molecule has 0 aliphatic carbocycles. The van der Waals surface area contributed by atoms with Crippen molar-refractivity contribution in [3.05, 3.63) is 10.4 Å². The predicted molar refractivity (Wildman–Crippen MR) is 119 cm³/mol. The van der Waals surface area contributed by atoms with Gasteiger partial charge in [0.15, 0.2) is 12.6 Å². The van der Waals surface area contributed by atoms with E-state index in [2.05, 4.69) is 10.0 Å². The van der Waals surface area contributed by atoms with Crippen LogP contribution in [0, 0.1) is 0 Å². The number of rotatable bonds is 17. The van der Waals surface area contributed by atoms with Crippen LogP contribution in [0.2, 0.25) is 0 Å². The molecule has 216 valence electrons. The van der Waals surface area contributed by atoms with E-state index in [4.69, 9.17) is 38.7 Å². The van der Waals surface area contributed by atoms with Gasteiger partial charge in [0.1, 0.15) is 48.8 Å². The Morgan fingerprint density at radius 3 is 1.78 bits per heavy atom. The van der Waals surface area contributed by atoms with Gasteiger partial charge in [0.05, 0.1) is 59.5 Å². The molecule has 4 unspecified atom stereocenters. The summed E-state index contributed by atoms with van der Waals surface area (Å²) in [6.45, 7) is 0.549. The molecule has 2 fully saturated rings. The minimum atomic E-state index is -1.74. The molecular weight excluding hydrogens is 506 g/mol. The summed E-state index contributed by atoms with van der Waals surface area (Å²) in [5.41, 5.74) is 8.13. The number of ether oxygens (including phenoxy) is 7. The Morgan fingerprint density at radius 1 is 0.649 bits per heavy atom. The van der Waals surface area contributed by atoms with Crippen molar-refractivity contribution in [3.63, 3.8) is 0 Å². The Balaban J connectivity index is 1.69. The summed E-state index contributed by atoms with van der Waals surface area (Å²) >= 11 is 0. The van der Waals surface area contributed by atoms with Crippen LogP contribution in [0.1, 0.15) is 0 Å². The van der Waals surface area contributed by atoms with Gasteiger partial charge in [-0.3, -0.25) is 0 Å². The van der Waals surface area contributed by atoms with E-state index in [1.165, 1.54) is 0 Å². The van der Waals surface area contributed by atoms with E-state index in [0.717, 1.165) is 0 Å². The number of nitrogens with zero attached hydrogens (tertiary/aromatic N) is 3. The highest BCUT2D eigenvalue weighted by Gasteiger charge is 2.50. The molecule has 0 aromatic carbocycles. The van der Waals surface area contributed by atoms with Crippen LogP contribution in [-0.4, -0.2) is 163 Å². The van der Waals surface area contributed by atoms with E-state index < -0.39 is 74.6 Å². The molecule has 37 heavy (non-hydrogen) atoms. The minimum Gasteiger partial charge on any atom is -0.394 e. The Morgan fingerprint density at radius 2 is 1.19 bits per heavy atom. The quantitative estimate of drug-likeness (QED) is 0.0399. The summed E-state index contributed by atoms with van der Waals surface area (Å²) in [6.07, 6.45) is -15.1. The third-order valence-electron chi connectivity index (χ3n) is 5.61. The van der Waals surface area contributed by atoms with Crippen molar-refractivity contribution in [1.29, 1.82) is 0 Å². The summed E-state index contributed by atoms with van der Waals surface area (Å²) < 4.78 is 37.4. The Labute approximate surface area is 212 Å². The fraction of sp³-hybridized carbons (Fsp3) is 1.00. The molecule has 2 aliphatic rings. The second kappa shape index (κ2) is 17.4. The van der Waals surface area contributed by atoms with Gasteiger partial charge in [0.2, 0.25) is 0 Å². The Bertz CT molecular complexity index is 670. The first-order chi connectivity index (χ1) is 17.8. The maximum atomic E-state index is 10.5. The second-order valence-corrected chi connectivity index (χ2v) is 8.17. The highest BCUT2D eigenvalue weighted by molar-refractivity contribution is 4.94. The first kappa shape index (κ1) is 32.0. The van der Waals surface area contributed by atoms with Crippen molar-refractivity contribution in [2.45, 2.75) is 61.4 Å². The smallest absolute Gasteiger partial charge is 0.187 e. The first-order valence-electron chi connectivity index (χ1n) is 11.8. The highest BCUT2D eigenvalue weighted by atomic mass is 16.7. The number of aliphatic hydroxyl groups excluding tert-OH is 7. The molecule has 2 rings (SSSR count). The zero-order valence-corrected chi connectivity index (χ0v) is 20.2. The van der Waals surface area contributed by atoms with Crippen LogP contribution in [0.3, 0.4) is 0 Å². The van der Waals surface area contributed by atoms with Crippen LogP contribution in [0.5, 0.6) is 0 Å². The number of hydrogen-bond acceptors (Lipinski definition) is 15. The monoisotopic (exact) mass is 543 g/mol. The normalized spacial score (nSPS) is 36.3. The average Bonchev–Trinajstić information content (AvgIpc) is 2.90. The van der Waals surface area contributed by atoms with Gasteiger partial charge in [-0.1, -0.05) is 5.11 Å². The molecular formula is C20H37N3O14. The molecule has 7 N–H and O–H groups in total. The molecule has 2 aliphatic heterocycles. The minimum absolute atomic E-state index is 0.0205. The van der Waals surface area contributed by atoms with E-state index in [0.29, 0.717) is 26.4 Å². The van der Waals surface area contributed by atoms with Gasteiger partial charge in [-0.15, -0.1) is 0 Å². The van der Waals surface area contributed by atoms with Gasteiger partial charge in [0.25, 0.3) is 0 Å². The molecule has 0 saturated carbocycles. The Hall–Kier alpha value is -1.25. The topological polar surface area (TPSA) is 255 Å². The molecule has 17 nitrogen and oxygen atoms in total. The molecule has 0 spiro atoms. The van der Waals surface area contributed by atoms with Crippen molar-refractivity contribution in [1.82, 2.24) is 0 Å². The fourth-order valence-electron chi connectivity index (χ4n) is 3.61. The lowest BCUT2D eigenvalue weighted by atomic mass is 9.97. The lowest BCUT2D eigenvalue weighted by Gasteiger charge is -2.45. The number of azide groups is 1. The molecule has 2 saturated heterocycles. The van der Waals surface area contributed by atoms with Crippen LogP contribution >= 0.6 is 0 Å². The highest BCUT2D eigenvalue weighted by Crippen LogP contribution is 2.29. The Kier molecular flexibility index (Phi) is 15.0. The molecule has 17 heteroatoms. The summed E-state index contributed by atoms with van der Waals surface area (Å²) in [7, 11) is 0. The van der Waals surface area contributed by atoms with Crippen LogP contribution in [-0.2, 0) is 33.2 Å². The van der Waals surface area contributed by atoms with Crippen molar-refractivity contribution in [2.75, 3.05) is 66.0 Å². The summed E-state index contributed by atoms with van der Waals surface area (Å²) in [6, 6.07) is 0. The molecule has 0 aromatic heterocycles. The summed E-state index contributed by atoms with van der Waals surface area (Å²) in [5, 5.41) is 73.2. The van der Waals surface area contributed by atoms with E-state index >= 15 is 0 Å². The lowest BCUT2D eigenvalue weighted by Crippen LogP contribution is -2.64. The van der Waals surface area contributed by atoms with Crippen LogP contribution < -0.4 is 0 Å². The largest absolute Gasteiger partial charge is 0.394 e. The second-order valence-electron chi connectivity index (χ2n) is 8.17. The van der Waals surface area contributed by atoms with Crippen molar-refractivity contribution < 1.29 is 68.9 Å². The molecule has 2 heterocycles. The zero-order chi connectivity index (χ0) is 27.2. The van der Waals surface area contributed by atoms with Crippen LogP contribution in [0.15, 0.2) is 5.11 Å². The average molecular weight is 544 g/mol. The van der Waals surface area contributed by atoms with E-state index in [1.54, 1.807) is 0 Å². The maximum absolute atomic E-state index is 10.5. The predicted octanol–water partition coefficient (Wildman–Crippen LogP) is -4.01. The molecule has 0 radical (unpaired) electrons. The molecule has 0 aromatic rings. The summed E-state index contributed by atoms with van der Waals surface area (Å²) in [5.74, 6) is 0. The third kappa shape index (κ3) is 9.77. The van der Waals surface area contributed by atoms with E-state index in [-0.39, 0.29) is 26.4 Å². The van der Waals surface area contributed by atoms with Crippen LogP contribution in [0.4, 0.5) is 0 Å². The van der Waals surface area contributed by atoms with Gasteiger partial charge in [-0.05, 0) is 5.53 Å². The number of aliphatic hydroxyl groups is 7. The van der Waals surface area contributed by atoms with Crippen molar-refractivity contribution in [2.24, 2.45) is 5.11 Å². The molecule has 0 amide bonds. The summed E-state index contributed by atoms with van der Waals surface area (Å²) in [4.78, 5) is 2.60. The molecule has 10 atom stereocenters. The van der Waals surface area contributed by atoms with Crippen molar-refractivity contribution >= 4 is 0 Å². The van der Waals surface area contributed by atoms with Gasteiger partial charge in [-0.25, -0.2) is 0 Å². The number of hydrogen-bond donors (Lipinski definition) is 7. The fourth-order valence-corrected chi connectivity index (χ4v) is 3.61. The van der Waals surface area contributed by atoms with Crippen LogP contribution in [0.25, 0.3) is 10.4 Å². The van der Waals surface area contributed by atoms with Gasteiger partial charge < -0.3 is 68.9 Å². The lowest BCUT2D eigenvalue weighted by molar-refractivity contribution is -0.359.